The summed E-state index contributed by atoms with van der Waals surface area (Å²) in [5.74, 6) is -3.34. The number of amides is 4. The smallest absolute Gasteiger partial charge is 0.433 e. The van der Waals surface area contributed by atoms with E-state index in [9.17, 15) is 36.3 Å². The highest BCUT2D eigenvalue weighted by Gasteiger charge is 2.43. The summed E-state index contributed by atoms with van der Waals surface area (Å²) < 4.78 is 76.8. The average Bonchev–Trinajstić information content (AvgIpc) is 3.00. The van der Waals surface area contributed by atoms with Gasteiger partial charge in [0.15, 0.2) is 11.6 Å². The van der Waals surface area contributed by atoms with Crippen LogP contribution in [-0.2, 0) is 20.4 Å². The van der Waals surface area contributed by atoms with Crippen molar-refractivity contribution in [3.05, 3.63) is 64.6 Å². The van der Waals surface area contributed by atoms with Crippen molar-refractivity contribution in [3.63, 3.8) is 0 Å². The van der Waals surface area contributed by atoms with Crippen LogP contribution in [0.1, 0.15) is 30.1 Å². The van der Waals surface area contributed by atoms with Crippen LogP contribution in [0.2, 0.25) is 0 Å². The third-order valence-corrected chi connectivity index (χ3v) is 7.05. The lowest BCUT2D eigenvalue weighted by Gasteiger charge is -2.36. The molecule has 0 spiro atoms. The van der Waals surface area contributed by atoms with E-state index >= 15 is 0 Å². The fraction of sp³-hybridized carbons (Fsp3) is 0.444. The maximum atomic E-state index is 14.2. The minimum Gasteiger partial charge on any atom is -0.466 e. The van der Waals surface area contributed by atoms with Gasteiger partial charge in [-0.05, 0) is 36.6 Å². The number of piperidine rings is 1. The first-order valence-corrected chi connectivity index (χ1v) is 13.5. The van der Waals surface area contributed by atoms with E-state index in [0.717, 1.165) is 37.6 Å². The highest BCUT2D eigenvalue weighted by atomic mass is 19.4. The van der Waals surface area contributed by atoms with Crippen molar-refractivity contribution >= 4 is 24.0 Å². The second-order valence-corrected chi connectivity index (χ2v) is 9.88. The van der Waals surface area contributed by atoms with Gasteiger partial charge >= 0.3 is 24.2 Å². The maximum Gasteiger partial charge on any atom is 0.433 e. The molecule has 2 aliphatic rings. The van der Waals surface area contributed by atoms with E-state index in [0.29, 0.717) is 30.8 Å². The van der Waals surface area contributed by atoms with Crippen LogP contribution in [0, 0.1) is 11.6 Å². The van der Waals surface area contributed by atoms with Crippen molar-refractivity contribution in [2.24, 2.45) is 0 Å². The maximum absolute atomic E-state index is 14.2. The highest BCUT2D eigenvalue weighted by molar-refractivity contribution is 6.01. The molecule has 0 radical (unpaired) electrons. The Balaban J connectivity index is 1.39. The molecule has 1 aromatic carbocycles. The Kier molecular flexibility index (Phi) is 10.3. The quantitative estimate of drug-likeness (QED) is 0.218. The van der Waals surface area contributed by atoms with Crippen LogP contribution < -0.4 is 20.9 Å². The third-order valence-electron chi connectivity index (χ3n) is 7.05. The number of anilines is 1. The zero-order valence-corrected chi connectivity index (χ0v) is 23.7. The number of halogens is 5. The Morgan fingerprint density at radius 3 is 2.45 bits per heavy atom. The van der Waals surface area contributed by atoms with E-state index in [1.165, 1.54) is 7.11 Å². The molecule has 1 fully saturated rings. The van der Waals surface area contributed by atoms with Gasteiger partial charge in [0.1, 0.15) is 11.7 Å². The minimum atomic E-state index is -4.57. The number of hydrogen-bond donors (Lipinski definition) is 3. The van der Waals surface area contributed by atoms with Crippen molar-refractivity contribution in [1.82, 2.24) is 30.8 Å². The molecule has 238 valence electrons. The van der Waals surface area contributed by atoms with Gasteiger partial charge in [-0.2, -0.15) is 13.2 Å². The Hall–Kier alpha value is -4.38. The van der Waals surface area contributed by atoms with Crippen molar-refractivity contribution in [2.45, 2.75) is 31.1 Å². The standard InChI is InChI=1S/C27H30F5N7O5/c1-43-14-19-21(23(40)44-2)22(15-3-4-17(28)18(29)13-15)39(26(42)36-19)25(41)35-10-9-33-16-6-11-38(12-7-16)24-34-8-5-20(37-24)27(30,31)32/h3-5,8,13,16,22,33H,6-7,9-12,14H2,1-2H3,(H,35,41)(H,36,42). The van der Waals surface area contributed by atoms with Crippen LogP contribution >= 0.6 is 0 Å². The van der Waals surface area contributed by atoms with E-state index in [4.69, 9.17) is 9.47 Å². The summed E-state index contributed by atoms with van der Waals surface area (Å²) in [6, 6.07) is 0.206. The number of carbonyl (C=O) groups is 3. The predicted molar refractivity (Wildman–Crippen MR) is 144 cm³/mol. The normalized spacial score (nSPS) is 17.9. The second-order valence-electron chi connectivity index (χ2n) is 9.88. The van der Waals surface area contributed by atoms with Crippen LogP contribution in [0.3, 0.4) is 0 Å². The fourth-order valence-electron chi connectivity index (χ4n) is 4.95. The Labute approximate surface area is 248 Å². The molecule has 17 heteroatoms. The molecule has 2 aliphatic heterocycles. The number of benzene rings is 1. The van der Waals surface area contributed by atoms with Gasteiger partial charge in [-0.3, -0.25) is 0 Å². The first-order chi connectivity index (χ1) is 20.9. The number of esters is 1. The highest BCUT2D eigenvalue weighted by Crippen LogP contribution is 2.35. The van der Waals surface area contributed by atoms with Gasteiger partial charge in [0.25, 0.3) is 0 Å². The number of aromatic nitrogens is 2. The number of nitrogens with one attached hydrogen (secondary N) is 3. The number of hydrogen-bond acceptors (Lipinski definition) is 9. The number of alkyl halides is 3. The number of carbonyl (C=O) groups excluding carboxylic acids is 3. The molecule has 1 aromatic heterocycles. The SMILES string of the molecule is COCC1=C(C(=O)OC)C(c2ccc(F)c(F)c2)N(C(=O)NCCNC2CCN(c3nccc(C(F)(F)F)n3)CC2)C(=O)N1. The van der Waals surface area contributed by atoms with Crippen LogP contribution in [0.15, 0.2) is 41.7 Å². The molecule has 44 heavy (non-hydrogen) atoms. The molecule has 1 unspecified atom stereocenters. The number of methoxy groups -OCH3 is 2. The van der Waals surface area contributed by atoms with Crippen LogP contribution in [-0.4, -0.2) is 85.9 Å². The summed E-state index contributed by atoms with van der Waals surface area (Å²) in [4.78, 5) is 49.0. The van der Waals surface area contributed by atoms with Gasteiger partial charge < -0.3 is 30.3 Å². The van der Waals surface area contributed by atoms with E-state index in [1.54, 1.807) is 4.90 Å². The lowest BCUT2D eigenvalue weighted by molar-refractivity contribution is -0.141. The lowest BCUT2D eigenvalue weighted by atomic mass is 9.93. The molecule has 12 nitrogen and oxygen atoms in total. The van der Waals surface area contributed by atoms with Gasteiger partial charge in [0.05, 0.1) is 25.0 Å². The first-order valence-electron chi connectivity index (χ1n) is 13.5. The molecule has 2 aromatic rings. The van der Waals surface area contributed by atoms with E-state index in [2.05, 4.69) is 25.9 Å². The van der Waals surface area contributed by atoms with Crippen LogP contribution in [0.5, 0.6) is 0 Å². The predicted octanol–water partition coefficient (Wildman–Crippen LogP) is 2.88. The summed E-state index contributed by atoms with van der Waals surface area (Å²) in [5.41, 5.74) is -1.29. The lowest BCUT2D eigenvalue weighted by Crippen LogP contribution is -2.56. The molecular formula is C27H30F5N7O5. The molecule has 0 saturated carbocycles. The van der Waals surface area contributed by atoms with Gasteiger partial charge in [0, 0.05) is 45.5 Å². The summed E-state index contributed by atoms with van der Waals surface area (Å²) in [7, 11) is 2.40. The Morgan fingerprint density at radius 1 is 1.09 bits per heavy atom. The number of imide groups is 1. The molecule has 4 amide bonds. The van der Waals surface area contributed by atoms with Gasteiger partial charge in [0.2, 0.25) is 5.95 Å². The summed E-state index contributed by atoms with van der Waals surface area (Å²) >= 11 is 0. The van der Waals surface area contributed by atoms with Gasteiger partial charge in [-0.1, -0.05) is 6.07 Å². The molecule has 0 aliphatic carbocycles. The average molecular weight is 628 g/mol. The molecule has 0 bridgehead atoms. The monoisotopic (exact) mass is 627 g/mol. The molecular weight excluding hydrogens is 597 g/mol. The van der Waals surface area contributed by atoms with Crippen molar-refractivity contribution in [1.29, 1.82) is 0 Å². The number of ether oxygens (including phenoxy) is 2. The van der Waals surface area contributed by atoms with E-state index in [1.807, 2.05) is 0 Å². The number of urea groups is 2. The Morgan fingerprint density at radius 2 is 1.82 bits per heavy atom. The minimum absolute atomic E-state index is 0.00466. The third kappa shape index (κ3) is 7.39. The zero-order valence-electron chi connectivity index (χ0n) is 23.7. The van der Waals surface area contributed by atoms with Crippen molar-refractivity contribution in [2.75, 3.05) is 51.9 Å². The molecule has 3 N–H and O–H groups in total. The summed E-state index contributed by atoms with van der Waals surface area (Å²) in [6.07, 6.45) is -2.37. The second kappa shape index (κ2) is 13.9. The van der Waals surface area contributed by atoms with Crippen LogP contribution in [0.25, 0.3) is 0 Å². The van der Waals surface area contributed by atoms with E-state index in [-0.39, 0.29) is 48.5 Å². The Bertz CT molecular complexity index is 1420. The van der Waals surface area contributed by atoms with Crippen molar-refractivity contribution in [3.8, 4) is 0 Å². The summed E-state index contributed by atoms with van der Waals surface area (Å²) in [5, 5.41) is 8.25. The van der Waals surface area contributed by atoms with Crippen molar-refractivity contribution < 1.29 is 45.8 Å². The van der Waals surface area contributed by atoms with Crippen LogP contribution in [0.4, 0.5) is 37.5 Å². The molecule has 1 atom stereocenters. The molecule has 1 saturated heterocycles. The molecule has 4 rings (SSSR count). The summed E-state index contributed by atoms with van der Waals surface area (Å²) in [6.45, 7) is 0.861. The largest absolute Gasteiger partial charge is 0.466 e. The van der Waals surface area contributed by atoms with Gasteiger partial charge in [-0.25, -0.2) is 38.0 Å². The topological polar surface area (TPSA) is 138 Å². The number of rotatable bonds is 9. The fourth-order valence-corrected chi connectivity index (χ4v) is 4.95. The van der Waals surface area contributed by atoms with Gasteiger partial charge in [-0.15, -0.1) is 0 Å². The molecule has 3 heterocycles. The number of nitrogens with zero attached hydrogens (tertiary/aromatic N) is 4. The zero-order chi connectivity index (χ0) is 32.0. The first kappa shape index (κ1) is 32.5. The van der Waals surface area contributed by atoms with E-state index < -0.39 is 47.6 Å².